The normalized spacial score (nSPS) is 20.5. The van der Waals surface area contributed by atoms with Gasteiger partial charge in [-0.15, -0.1) is 0 Å². The number of phenols is 1. The molecule has 0 aliphatic carbocycles. The largest absolute Gasteiger partial charge is 0.508 e. The van der Waals surface area contributed by atoms with Gasteiger partial charge in [0, 0.05) is 48.4 Å². The summed E-state index contributed by atoms with van der Waals surface area (Å²) in [5, 5.41) is 15.1. The van der Waals surface area contributed by atoms with E-state index in [1.807, 2.05) is 6.07 Å². The average molecular weight is 460 g/mol. The number of piperidine rings is 1. The Bertz CT molecular complexity index is 1140. The van der Waals surface area contributed by atoms with Crippen molar-refractivity contribution in [1.29, 1.82) is 0 Å². The minimum Gasteiger partial charge on any atom is -0.508 e. The van der Waals surface area contributed by atoms with Crippen LogP contribution >= 0.6 is 11.6 Å². The highest BCUT2D eigenvalue weighted by atomic mass is 35.5. The Labute approximate surface area is 200 Å². The van der Waals surface area contributed by atoms with Gasteiger partial charge in [0.25, 0.3) is 0 Å². The molecule has 0 radical (unpaired) electrons. The van der Waals surface area contributed by atoms with Crippen LogP contribution < -0.4 is 5.32 Å². The van der Waals surface area contributed by atoms with Crippen LogP contribution in [0.15, 0.2) is 77.8 Å². The molecule has 2 aliphatic heterocycles. The second-order valence-electron chi connectivity index (χ2n) is 9.32. The molecule has 2 aliphatic rings. The van der Waals surface area contributed by atoms with Gasteiger partial charge in [-0.25, -0.2) is 0 Å². The average Bonchev–Trinajstić information content (AvgIpc) is 2.83. The van der Waals surface area contributed by atoms with Gasteiger partial charge in [0.15, 0.2) is 0 Å². The first-order valence-corrected chi connectivity index (χ1v) is 12.1. The van der Waals surface area contributed by atoms with Crippen LogP contribution in [0.3, 0.4) is 0 Å². The van der Waals surface area contributed by atoms with E-state index in [0.717, 1.165) is 49.3 Å². The van der Waals surface area contributed by atoms with Crippen LogP contribution in [0.5, 0.6) is 5.75 Å². The highest BCUT2D eigenvalue weighted by Gasteiger charge is 2.40. The standard InChI is InChI=1S/C28H30ClN3O/c1-20-7-9-22(10-8-20)25-18-26(24-17-23(29)11-12-27(24)33)31-28(30-25)13-15-32(16-14-28)19-21-5-3-2-4-6-21/h2-12,17,26,31,33H,13-16,18-19H2,1H3. The van der Waals surface area contributed by atoms with Crippen molar-refractivity contribution in [2.75, 3.05) is 13.1 Å². The number of aryl methyl sites for hydroxylation is 1. The topological polar surface area (TPSA) is 47.9 Å². The van der Waals surface area contributed by atoms with E-state index < -0.39 is 0 Å². The number of likely N-dealkylation sites (tertiary alicyclic amines) is 1. The second-order valence-corrected chi connectivity index (χ2v) is 9.76. The van der Waals surface area contributed by atoms with Gasteiger partial charge >= 0.3 is 0 Å². The van der Waals surface area contributed by atoms with Crippen LogP contribution in [-0.4, -0.2) is 34.5 Å². The highest BCUT2D eigenvalue weighted by molar-refractivity contribution is 6.30. The Morgan fingerprint density at radius 1 is 1.03 bits per heavy atom. The zero-order valence-electron chi connectivity index (χ0n) is 19.0. The van der Waals surface area contributed by atoms with Gasteiger partial charge in [-0.1, -0.05) is 71.8 Å². The number of benzene rings is 3. The van der Waals surface area contributed by atoms with Crippen molar-refractivity contribution >= 4 is 17.3 Å². The summed E-state index contributed by atoms with van der Waals surface area (Å²) >= 11 is 6.30. The Kier molecular flexibility index (Phi) is 6.24. The molecule has 3 aromatic rings. The quantitative estimate of drug-likeness (QED) is 0.513. The van der Waals surface area contributed by atoms with Crippen LogP contribution in [-0.2, 0) is 6.54 Å². The molecule has 2 N–H and O–H groups in total. The van der Waals surface area contributed by atoms with Gasteiger partial charge in [-0.05, 0) is 49.1 Å². The zero-order valence-corrected chi connectivity index (χ0v) is 19.7. The van der Waals surface area contributed by atoms with Crippen LogP contribution in [0, 0.1) is 6.92 Å². The molecule has 0 amide bonds. The van der Waals surface area contributed by atoms with Gasteiger partial charge < -0.3 is 5.11 Å². The molecule has 3 aromatic carbocycles. The first-order chi connectivity index (χ1) is 16.0. The van der Waals surface area contributed by atoms with Crippen LogP contribution in [0.2, 0.25) is 5.02 Å². The molecular weight excluding hydrogens is 430 g/mol. The molecule has 1 unspecified atom stereocenters. The summed E-state index contributed by atoms with van der Waals surface area (Å²) in [4.78, 5) is 7.81. The van der Waals surface area contributed by atoms with Gasteiger partial charge in [0.2, 0.25) is 0 Å². The molecule has 5 heteroatoms. The molecule has 0 bridgehead atoms. The number of aromatic hydroxyl groups is 1. The molecule has 1 saturated heterocycles. The monoisotopic (exact) mass is 459 g/mol. The van der Waals surface area contributed by atoms with Crippen molar-refractivity contribution < 1.29 is 5.11 Å². The summed E-state index contributed by atoms with van der Waals surface area (Å²) in [5.41, 5.74) is 5.32. The van der Waals surface area contributed by atoms with Gasteiger partial charge in [0.05, 0.1) is 0 Å². The summed E-state index contributed by atoms with van der Waals surface area (Å²) < 4.78 is 0. The third-order valence-electron chi connectivity index (χ3n) is 6.87. The van der Waals surface area contributed by atoms with Gasteiger partial charge in [-0.3, -0.25) is 15.2 Å². The van der Waals surface area contributed by atoms with E-state index in [2.05, 4.69) is 71.7 Å². The van der Waals surface area contributed by atoms with E-state index >= 15 is 0 Å². The lowest BCUT2D eigenvalue weighted by Crippen LogP contribution is -2.55. The number of phenolic OH excluding ortho intramolecular Hbond substituents is 1. The fourth-order valence-electron chi connectivity index (χ4n) is 5.00. The van der Waals surface area contributed by atoms with E-state index in [4.69, 9.17) is 16.6 Å². The number of hydrogen-bond acceptors (Lipinski definition) is 4. The predicted octanol–water partition coefficient (Wildman–Crippen LogP) is 5.87. The molecule has 1 atom stereocenters. The maximum atomic E-state index is 10.6. The van der Waals surface area contributed by atoms with E-state index in [0.29, 0.717) is 11.4 Å². The Morgan fingerprint density at radius 3 is 2.48 bits per heavy atom. The first-order valence-electron chi connectivity index (χ1n) is 11.7. The van der Waals surface area contributed by atoms with Crippen molar-refractivity contribution in [2.24, 2.45) is 4.99 Å². The number of hydrogen-bond donors (Lipinski definition) is 2. The van der Waals surface area contributed by atoms with E-state index in [9.17, 15) is 5.11 Å². The number of nitrogens with zero attached hydrogens (tertiary/aromatic N) is 2. The Hall–Kier alpha value is -2.66. The van der Waals surface area contributed by atoms with Crippen LogP contribution in [0.1, 0.15) is 47.6 Å². The van der Waals surface area contributed by atoms with Crippen molar-refractivity contribution in [3.63, 3.8) is 0 Å². The lowest BCUT2D eigenvalue weighted by molar-refractivity contribution is 0.120. The van der Waals surface area contributed by atoms with Crippen LogP contribution in [0.25, 0.3) is 0 Å². The molecule has 1 spiro atoms. The fourth-order valence-corrected chi connectivity index (χ4v) is 5.18. The van der Waals surface area contributed by atoms with Crippen molar-refractivity contribution in [2.45, 2.75) is 44.4 Å². The van der Waals surface area contributed by atoms with E-state index in [1.165, 1.54) is 11.1 Å². The number of aliphatic imine (C=N–C) groups is 1. The number of rotatable bonds is 4. The molecule has 170 valence electrons. The van der Waals surface area contributed by atoms with Crippen molar-refractivity contribution in [1.82, 2.24) is 10.2 Å². The molecule has 0 saturated carbocycles. The van der Waals surface area contributed by atoms with Crippen LogP contribution in [0.4, 0.5) is 0 Å². The van der Waals surface area contributed by atoms with Crippen molar-refractivity contribution in [3.8, 4) is 5.75 Å². The maximum absolute atomic E-state index is 10.6. The number of halogens is 1. The fraction of sp³-hybridized carbons (Fsp3) is 0.321. The lowest BCUT2D eigenvalue weighted by Gasteiger charge is -2.45. The summed E-state index contributed by atoms with van der Waals surface area (Å²) in [6, 6.07) is 24.5. The second kappa shape index (κ2) is 9.30. The molecular formula is C28H30ClN3O. The molecule has 0 aromatic heterocycles. The molecule has 1 fully saturated rings. The third-order valence-corrected chi connectivity index (χ3v) is 7.11. The van der Waals surface area contributed by atoms with E-state index in [1.54, 1.807) is 12.1 Å². The molecule has 4 nitrogen and oxygen atoms in total. The molecule has 5 rings (SSSR count). The minimum absolute atomic E-state index is 0.0434. The first kappa shape index (κ1) is 22.1. The minimum atomic E-state index is -0.342. The Balaban J connectivity index is 1.43. The lowest BCUT2D eigenvalue weighted by atomic mass is 9.87. The van der Waals surface area contributed by atoms with Crippen molar-refractivity contribution in [3.05, 3.63) is 100 Å². The summed E-state index contributed by atoms with van der Waals surface area (Å²) in [7, 11) is 0. The maximum Gasteiger partial charge on any atom is 0.120 e. The van der Waals surface area contributed by atoms with Gasteiger partial charge in [0.1, 0.15) is 11.4 Å². The SMILES string of the molecule is Cc1ccc(C2=NC3(CCN(Cc4ccccc4)CC3)NC(c3cc(Cl)ccc3O)C2)cc1. The van der Waals surface area contributed by atoms with Gasteiger partial charge in [-0.2, -0.15) is 0 Å². The smallest absolute Gasteiger partial charge is 0.120 e. The third kappa shape index (κ3) is 4.98. The van der Waals surface area contributed by atoms with E-state index in [-0.39, 0.29) is 17.5 Å². The summed E-state index contributed by atoms with van der Waals surface area (Å²) in [5.74, 6) is 0.277. The molecule has 33 heavy (non-hydrogen) atoms. The summed E-state index contributed by atoms with van der Waals surface area (Å²) in [6.45, 7) is 5.01. The highest BCUT2D eigenvalue weighted by Crippen LogP contribution is 2.38. The number of nitrogens with one attached hydrogen (secondary N) is 1. The Morgan fingerprint density at radius 2 is 1.76 bits per heavy atom. The molecule has 2 heterocycles. The summed E-state index contributed by atoms with van der Waals surface area (Å²) in [6.07, 6.45) is 2.56. The zero-order chi connectivity index (χ0) is 22.8. The predicted molar refractivity (Wildman–Crippen MR) is 135 cm³/mol.